The highest BCUT2D eigenvalue weighted by molar-refractivity contribution is 5.98. The molecule has 0 spiro atoms. The summed E-state index contributed by atoms with van der Waals surface area (Å²) in [5.41, 5.74) is 7.73. The maximum Gasteiger partial charge on any atom is 0.340 e. The topological polar surface area (TPSA) is 99.9 Å². The van der Waals surface area contributed by atoms with Gasteiger partial charge in [0.05, 0.1) is 18.8 Å². The van der Waals surface area contributed by atoms with Crippen LogP contribution in [0.15, 0.2) is 36.4 Å². The fourth-order valence-corrected chi connectivity index (χ4v) is 2.39. The number of ether oxygens (including phenoxy) is 3. The van der Waals surface area contributed by atoms with Crippen LogP contribution < -0.4 is 20.5 Å². The Morgan fingerprint density at radius 1 is 1.04 bits per heavy atom. The van der Waals surface area contributed by atoms with Gasteiger partial charge in [-0.1, -0.05) is 12.1 Å². The number of nitrogens with one attached hydrogen (secondary N) is 1. The van der Waals surface area contributed by atoms with E-state index in [1.807, 2.05) is 13.8 Å². The van der Waals surface area contributed by atoms with E-state index in [9.17, 15) is 9.59 Å². The van der Waals surface area contributed by atoms with Gasteiger partial charge in [0.25, 0.3) is 5.91 Å². The average Bonchev–Trinajstić information content (AvgIpc) is 2.64. The molecule has 0 aliphatic heterocycles. The molecule has 7 heteroatoms. The Morgan fingerprint density at radius 2 is 1.74 bits per heavy atom. The van der Waals surface area contributed by atoms with E-state index in [2.05, 4.69) is 5.32 Å². The minimum Gasteiger partial charge on any atom is -0.490 e. The number of para-hydroxylation sites is 1. The number of anilines is 2. The fourth-order valence-electron chi connectivity index (χ4n) is 2.39. The standard InChI is InChI=1S/C20H24N2O5/c1-4-25-16-10-9-14(11-17(16)26-5-2)22-18(23)12-27-20(24)15-8-6-7-13(3)19(15)21/h6-11H,4-5,12,21H2,1-3H3,(H,22,23). The minimum atomic E-state index is -0.645. The van der Waals surface area contributed by atoms with Crippen molar-refractivity contribution in [2.75, 3.05) is 30.9 Å². The van der Waals surface area contributed by atoms with Crippen molar-refractivity contribution in [1.82, 2.24) is 0 Å². The number of nitrogen functional groups attached to an aromatic ring is 1. The SMILES string of the molecule is CCOc1ccc(NC(=O)COC(=O)c2cccc(C)c2N)cc1OCC. The quantitative estimate of drug-likeness (QED) is 0.545. The third-order valence-electron chi connectivity index (χ3n) is 3.71. The maximum atomic E-state index is 12.1. The summed E-state index contributed by atoms with van der Waals surface area (Å²) in [5, 5.41) is 2.66. The van der Waals surface area contributed by atoms with E-state index in [4.69, 9.17) is 19.9 Å². The second kappa shape index (κ2) is 9.47. The summed E-state index contributed by atoms with van der Waals surface area (Å²) in [7, 11) is 0. The maximum absolute atomic E-state index is 12.1. The van der Waals surface area contributed by atoms with Gasteiger partial charge in [-0.05, 0) is 44.5 Å². The van der Waals surface area contributed by atoms with Gasteiger partial charge >= 0.3 is 5.97 Å². The molecule has 7 nitrogen and oxygen atoms in total. The molecule has 3 N–H and O–H groups in total. The third kappa shape index (κ3) is 5.37. The van der Waals surface area contributed by atoms with Gasteiger partial charge < -0.3 is 25.3 Å². The van der Waals surface area contributed by atoms with Crippen molar-refractivity contribution >= 4 is 23.3 Å². The normalized spacial score (nSPS) is 10.2. The predicted octanol–water partition coefficient (Wildman–Crippen LogP) is 3.17. The van der Waals surface area contributed by atoms with Crippen LogP contribution >= 0.6 is 0 Å². The lowest BCUT2D eigenvalue weighted by Gasteiger charge is -2.13. The number of aryl methyl sites for hydroxylation is 1. The number of nitrogens with two attached hydrogens (primary N) is 1. The zero-order valence-electron chi connectivity index (χ0n) is 15.7. The smallest absolute Gasteiger partial charge is 0.340 e. The zero-order valence-corrected chi connectivity index (χ0v) is 15.7. The van der Waals surface area contributed by atoms with Crippen LogP contribution in [0.2, 0.25) is 0 Å². The monoisotopic (exact) mass is 372 g/mol. The van der Waals surface area contributed by atoms with Crippen molar-refractivity contribution in [3.8, 4) is 11.5 Å². The zero-order chi connectivity index (χ0) is 19.8. The number of hydrogen-bond acceptors (Lipinski definition) is 6. The number of rotatable bonds is 8. The number of carbonyl (C=O) groups excluding carboxylic acids is 2. The van der Waals surface area contributed by atoms with Gasteiger partial charge in [-0.3, -0.25) is 4.79 Å². The highest BCUT2D eigenvalue weighted by Crippen LogP contribution is 2.30. The van der Waals surface area contributed by atoms with E-state index in [1.54, 1.807) is 43.3 Å². The Labute approximate surface area is 158 Å². The van der Waals surface area contributed by atoms with Crippen molar-refractivity contribution in [1.29, 1.82) is 0 Å². The molecule has 2 aromatic rings. The highest BCUT2D eigenvalue weighted by Gasteiger charge is 2.15. The van der Waals surface area contributed by atoms with Crippen molar-refractivity contribution in [2.45, 2.75) is 20.8 Å². The molecule has 0 radical (unpaired) electrons. The number of hydrogen-bond donors (Lipinski definition) is 2. The van der Waals surface area contributed by atoms with Crippen LogP contribution in [0.1, 0.15) is 29.8 Å². The number of esters is 1. The van der Waals surface area contributed by atoms with E-state index < -0.39 is 18.5 Å². The van der Waals surface area contributed by atoms with Crippen LogP contribution in [0.25, 0.3) is 0 Å². The van der Waals surface area contributed by atoms with E-state index >= 15 is 0 Å². The molecule has 0 fully saturated rings. The Bertz CT molecular complexity index is 820. The van der Waals surface area contributed by atoms with Crippen LogP contribution in [-0.2, 0) is 9.53 Å². The molecule has 0 aliphatic carbocycles. The van der Waals surface area contributed by atoms with Crippen molar-refractivity contribution in [3.63, 3.8) is 0 Å². The van der Waals surface area contributed by atoms with Gasteiger partial charge in [0.2, 0.25) is 0 Å². The average molecular weight is 372 g/mol. The summed E-state index contributed by atoms with van der Waals surface area (Å²) >= 11 is 0. The summed E-state index contributed by atoms with van der Waals surface area (Å²) in [6.45, 7) is 6.07. The van der Waals surface area contributed by atoms with Crippen LogP contribution in [-0.4, -0.2) is 31.7 Å². The van der Waals surface area contributed by atoms with Crippen molar-refractivity contribution in [2.24, 2.45) is 0 Å². The summed E-state index contributed by atoms with van der Waals surface area (Å²) in [6.07, 6.45) is 0. The molecule has 0 aromatic heterocycles. The lowest BCUT2D eigenvalue weighted by molar-refractivity contribution is -0.119. The molecule has 2 rings (SSSR count). The second-order valence-electron chi connectivity index (χ2n) is 5.69. The molecule has 1 amide bonds. The van der Waals surface area contributed by atoms with Gasteiger partial charge in [0.15, 0.2) is 18.1 Å². The summed E-state index contributed by atoms with van der Waals surface area (Å²) in [6, 6.07) is 10.1. The second-order valence-corrected chi connectivity index (χ2v) is 5.69. The van der Waals surface area contributed by atoms with E-state index in [-0.39, 0.29) is 5.56 Å². The van der Waals surface area contributed by atoms with Crippen molar-refractivity contribution < 1.29 is 23.8 Å². The summed E-state index contributed by atoms with van der Waals surface area (Å²) < 4.78 is 16.0. The molecule has 144 valence electrons. The van der Waals surface area contributed by atoms with Gasteiger partial charge in [0.1, 0.15) is 0 Å². The van der Waals surface area contributed by atoms with E-state index in [1.165, 1.54) is 0 Å². The largest absolute Gasteiger partial charge is 0.490 e. The molecular formula is C20H24N2O5. The Kier molecular flexibility index (Phi) is 7.05. The third-order valence-corrected chi connectivity index (χ3v) is 3.71. The lowest BCUT2D eigenvalue weighted by atomic mass is 10.1. The molecule has 0 saturated heterocycles. The van der Waals surface area contributed by atoms with Crippen LogP contribution in [0.4, 0.5) is 11.4 Å². The first-order valence-corrected chi connectivity index (χ1v) is 8.68. The van der Waals surface area contributed by atoms with Crippen LogP contribution in [0.3, 0.4) is 0 Å². The number of carbonyl (C=O) groups is 2. The lowest BCUT2D eigenvalue weighted by Crippen LogP contribution is -2.21. The molecular weight excluding hydrogens is 348 g/mol. The van der Waals surface area contributed by atoms with Crippen LogP contribution in [0, 0.1) is 6.92 Å². The minimum absolute atomic E-state index is 0.238. The molecule has 0 unspecified atom stereocenters. The summed E-state index contributed by atoms with van der Waals surface area (Å²) in [5.74, 6) is 0.00890. The van der Waals surface area contributed by atoms with Gasteiger partial charge in [-0.15, -0.1) is 0 Å². The first-order valence-electron chi connectivity index (χ1n) is 8.68. The molecule has 0 atom stereocenters. The number of benzene rings is 2. The van der Waals surface area contributed by atoms with E-state index in [0.29, 0.717) is 36.1 Å². The first-order chi connectivity index (χ1) is 13.0. The Morgan fingerprint density at radius 3 is 2.44 bits per heavy atom. The van der Waals surface area contributed by atoms with Gasteiger partial charge in [-0.2, -0.15) is 0 Å². The Hall–Kier alpha value is -3.22. The molecule has 0 saturated carbocycles. The molecule has 0 heterocycles. The molecule has 2 aromatic carbocycles. The first kappa shape index (κ1) is 20.1. The molecule has 27 heavy (non-hydrogen) atoms. The van der Waals surface area contributed by atoms with Crippen molar-refractivity contribution in [3.05, 3.63) is 47.5 Å². The highest BCUT2D eigenvalue weighted by atomic mass is 16.5. The Balaban J connectivity index is 1.98. The molecule has 0 aliphatic rings. The van der Waals surface area contributed by atoms with Gasteiger partial charge in [0, 0.05) is 17.4 Å². The van der Waals surface area contributed by atoms with E-state index in [0.717, 1.165) is 5.56 Å². The molecule has 0 bridgehead atoms. The van der Waals surface area contributed by atoms with Crippen LogP contribution in [0.5, 0.6) is 11.5 Å². The predicted molar refractivity (Wildman–Crippen MR) is 103 cm³/mol. The summed E-state index contributed by atoms with van der Waals surface area (Å²) in [4.78, 5) is 24.2. The van der Waals surface area contributed by atoms with Gasteiger partial charge in [-0.25, -0.2) is 4.79 Å². The fraction of sp³-hybridized carbons (Fsp3) is 0.300. The number of amides is 1.